The second-order valence-corrected chi connectivity index (χ2v) is 27.9. The van der Waals surface area contributed by atoms with Gasteiger partial charge in [0.1, 0.15) is 33.1 Å². The van der Waals surface area contributed by atoms with Gasteiger partial charge in [0.05, 0.1) is 18.6 Å². The van der Waals surface area contributed by atoms with E-state index in [1.54, 1.807) is 83.9 Å². The number of amides is 3. The van der Waals surface area contributed by atoms with Crippen LogP contribution in [0.1, 0.15) is 46.6 Å². The van der Waals surface area contributed by atoms with Crippen LogP contribution in [0.5, 0.6) is 23.3 Å². The number of anilines is 11. The first kappa shape index (κ1) is 74.7. The van der Waals surface area contributed by atoms with Gasteiger partial charge in [-0.3, -0.25) is 14.4 Å². The Morgan fingerprint density at radius 2 is 0.853 bits per heavy atom. The van der Waals surface area contributed by atoms with Gasteiger partial charge in [-0.25, -0.2) is 4.98 Å². The minimum Gasteiger partial charge on any atom is -0.437 e. The van der Waals surface area contributed by atoms with Gasteiger partial charge >= 0.3 is 0 Å². The highest BCUT2D eigenvalue weighted by molar-refractivity contribution is 7.99. The largest absolute Gasteiger partial charge is 0.437 e. The van der Waals surface area contributed by atoms with Gasteiger partial charge in [-0.15, -0.1) is 29.2 Å². The minimum atomic E-state index is -0.298. The Labute approximate surface area is 635 Å². The van der Waals surface area contributed by atoms with Gasteiger partial charge in [0.25, 0.3) is 23.7 Å². The Morgan fingerprint density at radius 3 is 1.32 bits per heavy atom. The van der Waals surface area contributed by atoms with Crippen molar-refractivity contribution in [2.24, 2.45) is 0 Å². The lowest BCUT2D eigenvalue weighted by atomic mass is 9.86. The molecule has 0 aliphatic carbocycles. The Balaban J connectivity index is 0.000000144. The third-order valence-corrected chi connectivity index (χ3v) is 19.9. The number of nitrogens with zero attached hydrogens (tertiary/aromatic N) is 17. The van der Waals surface area contributed by atoms with Crippen LogP contribution in [0.2, 0.25) is 0 Å². The van der Waals surface area contributed by atoms with E-state index >= 15 is 0 Å². The van der Waals surface area contributed by atoms with E-state index in [4.69, 9.17) is 14.5 Å². The highest BCUT2D eigenvalue weighted by Crippen LogP contribution is 2.37. The molecule has 3 aliphatic rings. The fraction of sp³-hybridized carbons (Fsp3) is 0.250. The van der Waals surface area contributed by atoms with Gasteiger partial charge in [0.15, 0.2) is 0 Å². The third kappa shape index (κ3) is 19.0. The number of aryl methyl sites for hydroxylation is 4. The number of carbonyl (C=O) groups excluding carboxylic acids is 3. The van der Waals surface area contributed by atoms with E-state index in [9.17, 15) is 14.4 Å². The molecule has 0 atom stereocenters. The first-order chi connectivity index (χ1) is 52.8. The summed E-state index contributed by atoms with van der Waals surface area (Å²) in [5.41, 5.74) is 15.2. The molecule has 558 valence electrons. The Kier molecular flexibility index (Phi) is 23.5. The van der Waals surface area contributed by atoms with Crippen LogP contribution in [-0.4, -0.2) is 178 Å². The first-order valence-corrected chi connectivity index (χ1v) is 36.7. The maximum Gasteiger partial charge on any atom is 0.250 e. The fourth-order valence-corrected chi connectivity index (χ4v) is 13.7. The Hall–Kier alpha value is -12.6. The summed E-state index contributed by atoms with van der Waals surface area (Å²) in [7, 11) is 6.50. The third-order valence-electron chi connectivity index (χ3n) is 18.9. The van der Waals surface area contributed by atoms with E-state index in [0.29, 0.717) is 75.1 Å². The highest BCUT2D eigenvalue weighted by Gasteiger charge is 2.24. The molecular weight excluding hydrogens is 1400 g/mol. The maximum atomic E-state index is 11.7. The molecule has 3 saturated heterocycles. The summed E-state index contributed by atoms with van der Waals surface area (Å²) in [6.07, 6.45) is 11.0. The van der Waals surface area contributed by atoms with Gasteiger partial charge < -0.3 is 65.9 Å². The summed E-state index contributed by atoms with van der Waals surface area (Å²) < 4.78 is 16.7. The van der Waals surface area contributed by atoms with Gasteiger partial charge in [-0.2, -0.15) is 25.3 Å². The standard InChI is InChI=1S/C28H31N7O2.C26H28N8O2.C26H28N8OS/c1-5-26(36)30-21-7-6-8-22(17-21)37-27-25-9-12-29-35(25)33-28(32-27)31-24-16-18(2)23(15-19(24)3)20-10-13-34(4)14-11-20;2*1-4-24(35)28-19-6-5-7-21(17-19)36-25-23-10-11-27-34(23)31-26(30-25)29-22-9-8-20(16-18(22)2)33-14-12-32(3)13-15-33/h5-9,12,15-17,20H,1,10-11,13-14H2,2-4H3,(H,30,36)(H,31,33);2*4-11,16-17H,1,12-15H2,2-3H3,(H,28,35)(H,29,31). The first-order valence-electron chi connectivity index (χ1n) is 35.9. The number of aromatic nitrogens is 12. The molecule has 3 amide bonds. The predicted molar refractivity (Wildman–Crippen MR) is 429 cm³/mol. The monoisotopic (exact) mass is 1480 g/mol. The number of hydrogen-bond donors (Lipinski definition) is 6. The number of nitrogens with one attached hydrogen (secondary N) is 6. The van der Waals surface area contributed by atoms with Crippen LogP contribution in [-0.2, 0) is 14.4 Å². The van der Waals surface area contributed by atoms with Crippen molar-refractivity contribution in [2.75, 3.05) is 128 Å². The molecule has 0 spiro atoms. The van der Waals surface area contributed by atoms with E-state index in [1.807, 2.05) is 36.4 Å². The highest BCUT2D eigenvalue weighted by atomic mass is 32.2. The van der Waals surface area contributed by atoms with Gasteiger partial charge in [-0.05, 0) is 230 Å². The van der Waals surface area contributed by atoms with Crippen LogP contribution in [0.4, 0.5) is 63.3 Å². The lowest BCUT2D eigenvalue weighted by Crippen LogP contribution is -2.44. The number of fused-ring (bicyclic) bond motifs is 3. The number of piperazine rings is 2. The molecular formula is C80H87N23O5S. The normalized spacial score (nSPS) is 14.2. The molecule has 3 fully saturated rings. The fourth-order valence-electron chi connectivity index (χ4n) is 12.8. The number of ether oxygens (including phenoxy) is 2. The van der Waals surface area contributed by atoms with E-state index in [-0.39, 0.29) is 17.7 Å². The molecule has 12 aromatic rings. The zero-order chi connectivity index (χ0) is 76.1. The quantitative estimate of drug-likeness (QED) is 0.0364. The summed E-state index contributed by atoms with van der Waals surface area (Å²) in [4.78, 5) is 61.9. The number of likely N-dealkylation sites (N-methyl/N-ethyl adjacent to an activating group) is 2. The lowest BCUT2D eigenvalue weighted by molar-refractivity contribution is -0.112. The molecule has 6 aromatic heterocycles. The van der Waals surface area contributed by atoms with Crippen molar-refractivity contribution in [1.29, 1.82) is 0 Å². The molecule has 0 saturated carbocycles. The smallest absolute Gasteiger partial charge is 0.250 e. The second kappa shape index (κ2) is 34.3. The van der Waals surface area contributed by atoms with Crippen molar-refractivity contribution in [3.63, 3.8) is 0 Å². The Morgan fingerprint density at radius 1 is 0.440 bits per heavy atom. The van der Waals surface area contributed by atoms with E-state index in [0.717, 1.165) is 115 Å². The van der Waals surface area contributed by atoms with Crippen LogP contribution in [0.3, 0.4) is 0 Å². The number of carbonyl (C=O) groups is 3. The number of likely N-dealkylation sites (tertiary alicyclic amines) is 1. The predicted octanol–water partition coefficient (Wildman–Crippen LogP) is 13.3. The maximum absolute atomic E-state index is 11.7. The van der Waals surface area contributed by atoms with Crippen LogP contribution < -0.4 is 51.2 Å². The van der Waals surface area contributed by atoms with Crippen molar-refractivity contribution in [2.45, 2.75) is 56.4 Å². The van der Waals surface area contributed by atoms with E-state index < -0.39 is 0 Å². The van der Waals surface area contributed by atoms with Crippen molar-refractivity contribution in [3.8, 4) is 23.3 Å². The molecule has 9 heterocycles. The van der Waals surface area contributed by atoms with Gasteiger partial charge in [0, 0.05) is 115 Å². The molecule has 0 bridgehead atoms. The molecule has 6 aromatic carbocycles. The molecule has 6 N–H and O–H groups in total. The number of rotatable bonds is 21. The van der Waals surface area contributed by atoms with Crippen LogP contribution in [0, 0.1) is 27.7 Å². The molecule has 0 unspecified atom stereocenters. The lowest BCUT2D eigenvalue weighted by Gasteiger charge is -2.34. The minimum absolute atomic E-state index is 0.252. The van der Waals surface area contributed by atoms with Crippen molar-refractivity contribution in [3.05, 3.63) is 224 Å². The van der Waals surface area contributed by atoms with Crippen LogP contribution in [0.15, 0.2) is 206 Å². The average molecular weight is 1480 g/mol. The zero-order valence-electron chi connectivity index (χ0n) is 62.0. The van der Waals surface area contributed by atoms with Crippen molar-refractivity contribution < 1.29 is 23.9 Å². The molecule has 109 heavy (non-hydrogen) atoms. The molecule has 0 radical (unpaired) electrons. The summed E-state index contributed by atoms with van der Waals surface area (Å²) in [5, 5.41) is 45.5. The molecule has 29 heteroatoms. The summed E-state index contributed by atoms with van der Waals surface area (Å²) >= 11 is 1.48. The summed E-state index contributed by atoms with van der Waals surface area (Å²) in [6, 6.07) is 44.4. The number of piperidine rings is 1. The van der Waals surface area contributed by atoms with Gasteiger partial charge in [0.2, 0.25) is 23.7 Å². The average Bonchev–Trinajstić information content (AvgIpc) is 1.79. The van der Waals surface area contributed by atoms with E-state index in [1.165, 1.54) is 74.6 Å². The molecule has 15 rings (SSSR count). The van der Waals surface area contributed by atoms with Gasteiger partial charge in [-0.1, -0.05) is 55.8 Å². The zero-order valence-corrected chi connectivity index (χ0v) is 62.8. The van der Waals surface area contributed by atoms with Crippen LogP contribution in [0.25, 0.3) is 16.6 Å². The summed E-state index contributed by atoms with van der Waals surface area (Å²) in [5.74, 6) is 2.64. The SMILES string of the molecule is C=CC(=O)Nc1cccc(Oc2nc(Nc3cc(C)c(C4CCN(C)CC4)cc3C)nn3nccc23)c1.C=CC(=O)Nc1cccc(Oc2nc(Nc3ccc(N4CCN(C)CC4)cc3C)nn3nccc23)c1.C=CC(=O)Nc1cccc(Sc2nc(Nc3ccc(N4CCN(C)CC4)cc3C)nn3nccc23)c1. The molecule has 3 aliphatic heterocycles. The van der Waals surface area contributed by atoms with E-state index in [2.05, 4.69) is 208 Å². The second-order valence-electron chi connectivity index (χ2n) is 26.9. The van der Waals surface area contributed by atoms with Crippen LogP contribution >= 0.6 is 11.8 Å². The number of hydrogen-bond acceptors (Lipinski definition) is 23. The van der Waals surface area contributed by atoms with Crippen molar-refractivity contribution >= 4 is 109 Å². The summed E-state index contributed by atoms with van der Waals surface area (Å²) in [6.45, 7) is 29.5. The van der Waals surface area contributed by atoms with Crippen molar-refractivity contribution in [1.82, 2.24) is 74.1 Å². The molecule has 28 nitrogen and oxygen atoms in total. The topological polar surface area (TPSA) is 287 Å². The number of benzene rings is 6. The Bertz CT molecular complexity index is 5090.